The molecule has 4 unspecified atom stereocenters. The summed E-state index contributed by atoms with van der Waals surface area (Å²) < 4.78 is 0. The van der Waals surface area contributed by atoms with Gasteiger partial charge in [0.15, 0.2) is 0 Å². The maximum absolute atomic E-state index is 13.2. The molecule has 0 aromatic heterocycles. The van der Waals surface area contributed by atoms with Crippen LogP contribution in [-0.4, -0.2) is 72.0 Å². The Morgan fingerprint density at radius 1 is 0.972 bits per heavy atom. The lowest BCUT2D eigenvalue weighted by molar-refractivity contribution is -0.142. The van der Waals surface area contributed by atoms with Crippen molar-refractivity contribution in [3.8, 4) is 0 Å². The molecule has 4 amide bonds. The number of hydrogen-bond donors (Lipinski definition) is 7. The number of unbranched alkanes of at least 4 members (excludes halogenated alkanes) is 1. The van der Waals surface area contributed by atoms with E-state index < -0.39 is 54.3 Å². The van der Waals surface area contributed by atoms with Gasteiger partial charge in [-0.2, -0.15) is 0 Å². The first-order chi connectivity index (χ1) is 17.2. The highest BCUT2D eigenvalue weighted by atomic mass is 16.4. The Hall–Kier alpha value is -3.51. The SMILES string of the molecule is NCCCCC(NC(=O)C(CC(N)=O)NC(=O)C(Cc1ccccc1)NC(=O)C1CCCN1)C(=O)O. The van der Waals surface area contributed by atoms with Crippen LogP contribution >= 0.6 is 0 Å². The summed E-state index contributed by atoms with van der Waals surface area (Å²) in [5, 5.41) is 20.1. The van der Waals surface area contributed by atoms with Gasteiger partial charge in [0, 0.05) is 6.42 Å². The lowest BCUT2D eigenvalue weighted by atomic mass is 10.0. The number of nitrogens with two attached hydrogens (primary N) is 2. The molecule has 36 heavy (non-hydrogen) atoms. The lowest BCUT2D eigenvalue weighted by Crippen LogP contribution is -2.58. The van der Waals surface area contributed by atoms with Crippen LogP contribution in [0.5, 0.6) is 0 Å². The molecule has 198 valence electrons. The van der Waals surface area contributed by atoms with E-state index in [2.05, 4.69) is 21.3 Å². The fourth-order valence-electron chi connectivity index (χ4n) is 3.94. The maximum atomic E-state index is 13.2. The Labute approximate surface area is 209 Å². The third-order valence-electron chi connectivity index (χ3n) is 5.89. The van der Waals surface area contributed by atoms with Crippen LogP contribution < -0.4 is 32.7 Å². The predicted octanol–water partition coefficient (Wildman–Crippen LogP) is -1.48. The molecule has 1 aromatic carbocycles. The van der Waals surface area contributed by atoms with E-state index in [1.165, 1.54) is 0 Å². The number of hydrogen-bond acceptors (Lipinski definition) is 7. The molecule has 1 aliphatic rings. The normalized spacial score (nSPS) is 17.4. The van der Waals surface area contributed by atoms with Crippen molar-refractivity contribution >= 4 is 29.6 Å². The van der Waals surface area contributed by atoms with Crippen molar-refractivity contribution in [3.05, 3.63) is 35.9 Å². The van der Waals surface area contributed by atoms with Gasteiger partial charge in [0.05, 0.1) is 12.5 Å². The topological polar surface area (TPSA) is 206 Å². The van der Waals surface area contributed by atoms with Gasteiger partial charge in [-0.05, 0) is 50.8 Å². The molecule has 12 heteroatoms. The first-order valence-corrected chi connectivity index (χ1v) is 12.1. The summed E-state index contributed by atoms with van der Waals surface area (Å²) >= 11 is 0. The summed E-state index contributed by atoms with van der Waals surface area (Å²) in [6.45, 7) is 1.08. The van der Waals surface area contributed by atoms with Gasteiger partial charge in [-0.15, -0.1) is 0 Å². The zero-order valence-electron chi connectivity index (χ0n) is 20.2. The van der Waals surface area contributed by atoms with Crippen LogP contribution in [0.15, 0.2) is 30.3 Å². The number of carboxylic acids is 1. The highest BCUT2D eigenvalue weighted by Crippen LogP contribution is 2.09. The van der Waals surface area contributed by atoms with Crippen molar-refractivity contribution in [2.45, 2.75) is 69.1 Å². The zero-order valence-corrected chi connectivity index (χ0v) is 20.2. The van der Waals surface area contributed by atoms with E-state index in [1.54, 1.807) is 24.3 Å². The number of nitrogens with one attached hydrogen (secondary N) is 4. The first kappa shape index (κ1) is 28.7. The van der Waals surface area contributed by atoms with E-state index in [0.717, 1.165) is 12.0 Å². The van der Waals surface area contributed by atoms with Gasteiger partial charge in [-0.25, -0.2) is 4.79 Å². The average molecular weight is 505 g/mol. The van der Waals surface area contributed by atoms with Crippen molar-refractivity contribution in [2.24, 2.45) is 11.5 Å². The van der Waals surface area contributed by atoms with E-state index in [9.17, 15) is 29.1 Å². The van der Waals surface area contributed by atoms with Gasteiger partial charge < -0.3 is 37.8 Å². The van der Waals surface area contributed by atoms with Crippen LogP contribution in [0.1, 0.15) is 44.1 Å². The van der Waals surface area contributed by atoms with Gasteiger partial charge in [-0.1, -0.05) is 30.3 Å². The molecule has 1 aliphatic heterocycles. The number of carboxylic acid groups (broad SMARTS) is 1. The molecule has 1 aromatic rings. The Bertz CT molecular complexity index is 906. The van der Waals surface area contributed by atoms with E-state index in [0.29, 0.717) is 32.4 Å². The second-order valence-electron chi connectivity index (χ2n) is 8.82. The van der Waals surface area contributed by atoms with E-state index in [1.807, 2.05) is 6.07 Å². The van der Waals surface area contributed by atoms with Gasteiger partial charge in [0.1, 0.15) is 18.1 Å². The summed E-state index contributed by atoms with van der Waals surface area (Å²) in [7, 11) is 0. The monoisotopic (exact) mass is 504 g/mol. The van der Waals surface area contributed by atoms with Crippen molar-refractivity contribution in [1.82, 2.24) is 21.3 Å². The molecule has 0 aliphatic carbocycles. The second-order valence-corrected chi connectivity index (χ2v) is 8.82. The smallest absolute Gasteiger partial charge is 0.326 e. The number of amides is 4. The van der Waals surface area contributed by atoms with Crippen LogP contribution in [0.2, 0.25) is 0 Å². The standard InChI is InChI=1S/C24H36N6O6/c25-11-5-4-9-17(24(35)36)28-23(34)19(14-20(26)31)30-22(33)18(13-15-7-2-1-3-8-15)29-21(32)16-10-6-12-27-16/h1-3,7-8,16-19,27H,4-6,9-14,25H2,(H2,26,31)(H,28,34)(H,29,32)(H,30,33)(H,35,36). The van der Waals surface area contributed by atoms with Crippen molar-refractivity contribution in [2.75, 3.05) is 13.1 Å². The van der Waals surface area contributed by atoms with Gasteiger partial charge >= 0.3 is 5.97 Å². The van der Waals surface area contributed by atoms with E-state index >= 15 is 0 Å². The first-order valence-electron chi connectivity index (χ1n) is 12.1. The highest BCUT2D eigenvalue weighted by molar-refractivity contribution is 5.96. The third kappa shape index (κ3) is 9.62. The molecule has 0 bridgehead atoms. The molecule has 1 fully saturated rings. The summed E-state index contributed by atoms with van der Waals surface area (Å²) in [6, 6.07) is 4.92. The van der Waals surface area contributed by atoms with Gasteiger partial charge in [-0.3, -0.25) is 19.2 Å². The minimum atomic E-state index is -1.41. The lowest BCUT2D eigenvalue weighted by Gasteiger charge is -2.25. The fourth-order valence-corrected chi connectivity index (χ4v) is 3.94. The summed E-state index contributed by atoms with van der Waals surface area (Å²) in [4.78, 5) is 62.0. The average Bonchev–Trinajstić information content (AvgIpc) is 3.38. The molecule has 4 atom stereocenters. The molecule has 0 radical (unpaired) electrons. The van der Waals surface area contributed by atoms with Crippen molar-refractivity contribution in [1.29, 1.82) is 0 Å². The zero-order chi connectivity index (χ0) is 26.5. The van der Waals surface area contributed by atoms with E-state index in [4.69, 9.17) is 11.5 Å². The molecular formula is C24H36N6O6. The van der Waals surface area contributed by atoms with Crippen molar-refractivity contribution in [3.63, 3.8) is 0 Å². The number of primary amides is 1. The van der Waals surface area contributed by atoms with Gasteiger partial charge in [0.2, 0.25) is 23.6 Å². The third-order valence-corrected chi connectivity index (χ3v) is 5.89. The Kier molecular flexibility index (Phi) is 11.8. The summed E-state index contributed by atoms with van der Waals surface area (Å²) in [6.07, 6.45) is 2.27. The minimum absolute atomic E-state index is 0.136. The van der Waals surface area contributed by atoms with E-state index in [-0.39, 0.29) is 18.7 Å². The molecule has 0 saturated carbocycles. The van der Waals surface area contributed by atoms with Crippen LogP contribution in [0.4, 0.5) is 0 Å². The molecule has 12 nitrogen and oxygen atoms in total. The number of rotatable bonds is 15. The molecule has 1 heterocycles. The number of aliphatic carboxylic acids is 1. The van der Waals surface area contributed by atoms with Crippen LogP contribution in [-0.2, 0) is 30.4 Å². The molecule has 0 spiro atoms. The van der Waals surface area contributed by atoms with Crippen LogP contribution in [0, 0.1) is 0 Å². The highest BCUT2D eigenvalue weighted by Gasteiger charge is 2.32. The second kappa shape index (κ2) is 14.8. The molecular weight excluding hydrogens is 468 g/mol. The van der Waals surface area contributed by atoms with Gasteiger partial charge in [0.25, 0.3) is 0 Å². The fraction of sp³-hybridized carbons (Fsp3) is 0.542. The Balaban J connectivity index is 2.15. The summed E-state index contributed by atoms with van der Waals surface area (Å²) in [5.41, 5.74) is 11.5. The van der Waals surface area contributed by atoms with Crippen molar-refractivity contribution < 1.29 is 29.1 Å². The quantitative estimate of drug-likeness (QED) is 0.140. The Morgan fingerprint density at radius 2 is 1.64 bits per heavy atom. The minimum Gasteiger partial charge on any atom is -0.480 e. The number of carbonyl (C=O) groups excluding carboxylic acids is 4. The Morgan fingerprint density at radius 3 is 2.22 bits per heavy atom. The number of carbonyl (C=O) groups is 5. The molecule has 2 rings (SSSR count). The maximum Gasteiger partial charge on any atom is 0.326 e. The summed E-state index contributed by atoms with van der Waals surface area (Å²) in [5.74, 6) is -4.00. The van der Waals surface area contributed by atoms with Crippen LogP contribution in [0.25, 0.3) is 0 Å². The largest absolute Gasteiger partial charge is 0.480 e. The predicted molar refractivity (Wildman–Crippen MR) is 131 cm³/mol. The molecule has 1 saturated heterocycles. The molecule has 9 N–H and O–H groups in total. The number of benzene rings is 1. The van der Waals surface area contributed by atoms with Crippen LogP contribution in [0.3, 0.4) is 0 Å².